The smallest absolute Gasteiger partial charge is 1.00 e. The molecule has 0 nitrogen and oxygen atoms in total. The Morgan fingerprint density at radius 1 is 0.857 bits per heavy atom. The average molecular weight is 359 g/mol. The first-order valence-electron chi connectivity index (χ1n) is 7.76. The van der Waals surface area contributed by atoms with Gasteiger partial charge in [-0.1, -0.05) is 0 Å². The molecule has 0 saturated heterocycles. The molecule has 0 aromatic rings. The van der Waals surface area contributed by atoms with E-state index in [1.807, 2.05) is 7.76 Å². The van der Waals surface area contributed by atoms with Gasteiger partial charge in [0.1, 0.15) is 0 Å². The van der Waals surface area contributed by atoms with Crippen LogP contribution in [0.2, 0.25) is 0 Å². The van der Waals surface area contributed by atoms with Gasteiger partial charge in [-0.2, -0.15) is 0 Å². The van der Waals surface area contributed by atoms with Crippen LogP contribution in [0.1, 0.15) is 53.4 Å². The summed E-state index contributed by atoms with van der Waals surface area (Å²) >= 11 is -0.0489. The molecule has 1 aliphatic heterocycles. The van der Waals surface area contributed by atoms with E-state index in [1.54, 1.807) is 22.3 Å². The molecular weight excluding hydrogens is 335 g/mol. The van der Waals surface area contributed by atoms with Crippen LogP contribution in [0.25, 0.3) is 0 Å². The van der Waals surface area contributed by atoms with Crippen LogP contribution in [0.4, 0.5) is 0 Å². The first-order chi connectivity index (χ1) is 9.15. The molecule has 2 atom stereocenters. The molecule has 21 heavy (non-hydrogen) atoms. The third-order valence-corrected chi connectivity index (χ3v) is 7.96. The van der Waals surface area contributed by atoms with Crippen LogP contribution < -0.4 is 24.8 Å². The van der Waals surface area contributed by atoms with E-state index in [0.717, 1.165) is 11.8 Å². The summed E-state index contributed by atoms with van der Waals surface area (Å²) in [4.78, 5) is 0. The summed E-state index contributed by atoms with van der Waals surface area (Å²) in [7, 11) is 0. The van der Waals surface area contributed by atoms with E-state index in [4.69, 9.17) is 0 Å². The van der Waals surface area contributed by atoms with Crippen molar-refractivity contribution < 1.29 is 44.0 Å². The van der Waals surface area contributed by atoms with E-state index in [-0.39, 0.29) is 44.0 Å². The number of rotatable bonds is 2. The Balaban J connectivity index is 0.00000110. The minimum atomic E-state index is -0.0489. The van der Waals surface area contributed by atoms with E-state index in [2.05, 4.69) is 39.8 Å². The molecule has 0 amide bonds. The fourth-order valence-electron chi connectivity index (χ4n) is 3.88. The predicted molar refractivity (Wildman–Crippen MR) is 78.4 cm³/mol. The molecule has 0 bridgehead atoms. The van der Waals surface area contributed by atoms with Crippen molar-refractivity contribution >= 4 is 0 Å². The Morgan fingerprint density at radius 2 is 1.24 bits per heavy atom. The maximum Gasteiger partial charge on any atom is -1.00 e. The first kappa shape index (κ1) is 19.3. The third kappa shape index (κ3) is 3.30. The van der Waals surface area contributed by atoms with Gasteiger partial charge in [-0.25, -0.2) is 0 Å². The van der Waals surface area contributed by atoms with Crippen LogP contribution in [0.15, 0.2) is 42.2 Å². The summed E-state index contributed by atoms with van der Waals surface area (Å²) in [6.45, 7) is 9.39. The van der Waals surface area contributed by atoms with E-state index in [9.17, 15) is 0 Å². The van der Waals surface area contributed by atoms with Crippen LogP contribution in [-0.4, -0.2) is 0 Å². The van der Waals surface area contributed by atoms with Gasteiger partial charge in [0, 0.05) is 0 Å². The second-order valence-electron chi connectivity index (χ2n) is 6.14. The Morgan fingerprint density at radius 3 is 1.57 bits per heavy atom. The van der Waals surface area contributed by atoms with E-state index in [0.29, 0.717) is 0 Å². The summed E-state index contributed by atoms with van der Waals surface area (Å²) in [5.74, 6) is 1.56. The number of hydrogen-bond acceptors (Lipinski definition) is 0. The summed E-state index contributed by atoms with van der Waals surface area (Å²) in [6.07, 6.45) is 10.3. The van der Waals surface area contributed by atoms with Crippen molar-refractivity contribution in [2.75, 3.05) is 0 Å². The Hall–Kier alpha value is 0.254. The van der Waals surface area contributed by atoms with Crippen LogP contribution >= 0.6 is 0 Å². The molecule has 1 heterocycles. The molecule has 2 unspecified atom stereocenters. The largest absolute Gasteiger partial charge is 1.00 e. The van der Waals surface area contributed by atoms with Crippen LogP contribution in [-0.2, 0) is 19.2 Å². The van der Waals surface area contributed by atoms with Crippen molar-refractivity contribution in [1.82, 2.24) is 0 Å². The van der Waals surface area contributed by atoms with Crippen LogP contribution in [0, 0.1) is 11.8 Å². The zero-order chi connectivity index (χ0) is 13.6. The minimum absolute atomic E-state index is 0. The van der Waals surface area contributed by atoms with Crippen molar-refractivity contribution in [2.45, 2.75) is 53.4 Å². The topological polar surface area (TPSA) is 0 Å². The fraction of sp³-hybridized carbons (Fsp3) is 0.556. The van der Waals surface area contributed by atoms with Crippen molar-refractivity contribution in [3.63, 3.8) is 0 Å². The van der Waals surface area contributed by atoms with Gasteiger partial charge in [-0.3, -0.25) is 0 Å². The molecule has 3 rings (SSSR count). The Kier molecular flexibility index (Phi) is 7.07. The van der Waals surface area contributed by atoms with Gasteiger partial charge in [0.05, 0.1) is 0 Å². The van der Waals surface area contributed by atoms with E-state index in [1.165, 1.54) is 25.7 Å². The summed E-state index contributed by atoms with van der Waals surface area (Å²) in [5, 5.41) is 0. The average Bonchev–Trinajstić information content (AvgIpc) is 2.78. The molecular formula is C18H24Cl2Ti. The molecule has 2 aliphatic carbocycles. The predicted octanol–water partition coefficient (Wildman–Crippen LogP) is -0.649. The molecule has 3 heteroatoms. The van der Waals surface area contributed by atoms with Crippen molar-refractivity contribution in [3.05, 3.63) is 42.2 Å². The summed E-state index contributed by atoms with van der Waals surface area (Å²) in [5.41, 5.74) is 6.70. The molecule has 0 fully saturated rings. The quantitative estimate of drug-likeness (QED) is 0.575. The van der Waals surface area contributed by atoms with Gasteiger partial charge in [0.2, 0.25) is 0 Å². The Bertz CT molecular complexity index is 489. The molecule has 0 spiro atoms. The van der Waals surface area contributed by atoms with E-state index < -0.39 is 0 Å². The third-order valence-electron chi connectivity index (χ3n) is 5.02. The molecule has 114 valence electrons. The summed E-state index contributed by atoms with van der Waals surface area (Å²) in [6, 6.07) is 0. The fourth-order valence-corrected chi connectivity index (χ4v) is 7.29. The van der Waals surface area contributed by atoms with Crippen molar-refractivity contribution in [2.24, 2.45) is 11.8 Å². The van der Waals surface area contributed by atoms with Gasteiger partial charge >= 0.3 is 127 Å². The second-order valence-corrected chi connectivity index (χ2v) is 8.21. The number of halogens is 2. The number of hydrogen-bond donors (Lipinski definition) is 0. The molecule has 0 N–H and O–H groups in total. The van der Waals surface area contributed by atoms with E-state index >= 15 is 0 Å². The number of allylic oxidation sites excluding steroid dienone is 8. The molecule has 0 aromatic carbocycles. The van der Waals surface area contributed by atoms with Gasteiger partial charge in [0.25, 0.3) is 0 Å². The molecule has 0 radical (unpaired) electrons. The molecule has 0 aromatic heterocycles. The monoisotopic (exact) mass is 358 g/mol. The SMILES string of the molecule is CCC1C=C(C)C2=[C]1[Ti+2][C]1=C(CC2)C(C)=CC1CC.[Cl-].[Cl-]. The zero-order valence-electron chi connectivity index (χ0n) is 13.4. The Labute approximate surface area is 151 Å². The van der Waals surface area contributed by atoms with Crippen LogP contribution in [0.3, 0.4) is 0 Å². The maximum atomic E-state index is 2.55. The van der Waals surface area contributed by atoms with Crippen molar-refractivity contribution in [1.29, 1.82) is 0 Å². The zero-order valence-corrected chi connectivity index (χ0v) is 16.5. The van der Waals surface area contributed by atoms with Gasteiger partial charge in [0.15, 0.2) is 0 Å². The summed E-state index contributed by atoms with van der Waals surface area (Å²) < 4.78 is 3.76. The normalized spacial score (nSPS) is 26.5. The van der Waals surface area contributed by atoms with Gasteiger partial charge in [-0.05, 0) is 0 Å². The molecule has 3 aliphatic rings. The molecule has 0 saturated carbocycles. The van der Waals surface area contributed by atoms with Gasteiger partial charge < -0.3 is 24.8 Å². The van der Waals surface area contributed by atoms with Crippen molar-refractivity contribution in [3.8, 4) is 0 Å². The van der Waals surface area contributed by atoms with Gasteiger partial charge in [-0.15, -0.1) is 0 Å². The standard InChI is InChI=1S/C18H24.2ClH.Ti/c1-5-15-9-13(3)17(11-15)7-8-18-12-16(6-2)10-14(18)4;;;/h9-10,15-16H,5-8H2,1-4H3;2*1H;/q;;;+2/p-2. The maximum absolute atomic E-state index is 2.55. The second kappa shape index (κ2) is 7.69. The van der Waals surface area contributed by atoms with Crippen LogP contribution in [0.5, 0.6) is 0 Å². The first-order valence-corrected chi connectivity index (χ1v) is 9.32. The minimum Gasteiger partial charge on any atom is -1.00 e.